The van der Waals surface area contributed by atoms with Crippen LogP contribution in [-0.4, -0.2) is 29.9 Å². The lowest BCUT2D eigenvalue weighted by Crippen LogP contribution is -2.34. The third-order valence-electron chi connectivity index (χ3n) is 2.61. The van der Waals surface area contributed by atoms with Gasteiger partial charge in [0.05, 0.1) is 6.61 Å². The van der Waals surface area contributed by atoms with Crippen molar-refractivity contribution in [2.24, 2.45) is 0 Å². The topological polar surface area (TPSA) is 35.5 Å². The van der Waals surface area contributed by atoms with Gasteiger partial charge in [-0.2, -0.15) is 0 Å². The zero-order chi connectivity index (χ0) is 12.6. The second kappa shape index (κ2) is 8.14. The molecule has 100 valence electrons. The van der Waals surface area contributed by atoms with Gasteiger partial charge < -0.3 is 9.47 Å². The van der Waals surface area contributed by atoms with Crippen LogP contribution in [0.1, 0.15) is 46.0 Å². The zero-order valence-corrected chi connectivity index (χ0v) is 12.3. The Bertz CT molecular complexity index is 228. The van der Waals surface area contributed by atoms with Gasteiger partial charge in [0, 0.05) is 11.5 Å². The third-order valence-corrected chi connectivity index (χ3v) is 5.44. The Labute approximate surface area is 112 Å². The lowest BCUT2D eigenvalue weighted by atomic mass is 10.2. The van der Waals surface area contributed by atoms with Gasteiger partial charge in [-0.15, -0.1) is 0 Å². The first-order valence-corrected chi connectivity index (χ1v) is 8.75. The molecular weight excluding hydrogens is 256 g/mol. The molecule has 0 aromatic carbocycles. The normalized spacial score (nSPS) is 18.0. The molecule has 0 aromatic rings. The van der Waals surface area contributed by atoms with Crippen LogP contribution in [-0.2, 0) is 9.47 Å². The second-order valence-corrected chi connectivity index (χ2v) is 7.05. The third kappa shape index (κ3) is 6.46. The summed E-state index contributed by atoms with van der Waals surface area (Å²) in [5.41, 5.74) is -0.339. The lowest BCUT2D eigenvalue weighted by Gasteiger charge is -2.21. The van der Waals surface area contributed by atoms with Gasteiger partial charge in [0.1, 0.15) is 5.60 Å². The molecule has 0 saturated carbocycles. The average Bonchev–Trinajstić information content (AvgIpc) is 2.70. The van der Waals surface area contributed by atoms with Crippen molar-refractivity contribution in [3.8, 4) is 0 Å². The Morgan fingerprint density at radius 3 is 2.47 bits per heavy atom. The first-order chi connectivity index (χ1) is 8.16. The molecule has 17 heavy (non-hydrogen) atoms. The summed E-state index contributed by atoms with van der Waals surface area (Å²) >= 11 is 0. The van der Waals surface area contributed by atoms with Crippen LogP contribution < -0.4 is 0 Å². The predicted octanol–water partition coefficient (Wildman–Crippen LogP) is 4.26. The summed E-state index contributed by atoms with van der Waals surface area (Å²) in [7, 11) is 3.49. The summed E-state index contributed by atoms with van der Waals surface area (Å²) in [5, 5.41) is 0. The molecule has 0 unspecified atom stereocenters. The van der Waals surface area contributed by atoms with Crippen LogP contribution in [0.15, 0.2) is 0 Å². The number of unbranched alkanes of at least 4 members (excludes halogenated alkanes) is 4. The fourth-order valence-corrected chi connectivity index (χ4v) is 4.64. The van der Waals surface area contributed by atoms with Crippen LogP contribution in [0, 0.1) is 0 Å². The van der Waals surface area contributed by atoms with Crippen molar-refractivity contribution in [1.82, 2.24) is 0 Å². The molecule has 1 saturated heterocycles. The van der Waals surface area contributed by atoms with Gasteiger partial charge in [0.25, 0.3) is 0 Å². The molecule has 1 heterocycles. The van der Waals surface area contributed by atoms with Gasteiger partial charge in [-0.25, -0.2) is 4.79 Å². The van der Waals surface area contributed by atoms with E-state index in [1.807, 2.05) is 6.92 Å². The summed E-state index contributed by atoms with van der Waals surface area (Å²) in [4.78, 5) is 11.4. The van der Waals surface area contributed by atoms with E-state index in [0.29, 0.717) is 6.61 Å². The number of ether oxygens (including phenoxy) is 2. The molecule has 0 N–H and O–H groups in total. The van der Waals surface area contributed by atoms with E-state index in [2.05, 4.69) is 6.92 Å². The molecule has 1 aliphatic heterocycles. The molecule has 5 heteroatoms. The van der Waals surface area contributed by atoms with Gasteiger partial charge in [0.15, 0.2) is 0 Å². The highest BCUT2D eigenvalue weighted by Gasteiger charge is 2.34. The van der Waals surface area contributed by atoms with E-state index in [9.17, 15) is 4.79 Å². The minimum Gasteiger partial charge on any atom is -0.434 e. The molecule has 0 amide bonds. The summed E-state index contributed by atoms with van der Waals surface area (Å²) in [6, 6.07) is 0. The van der Waals surface area contributed by atoms with E-state index in [0.717, 1.165) is 24.3 Å². The fourth-order valence-electron chi connectivity index (χ4n) is 1.52. The monoisotopic (exact) mass is 278 g/mol. The van der Waals surface area contributed by atoms with E-state index in [4.69, 9.17) is 9.47 Å². The molecule has 3 nitrogen and oxygen atoms in total. The first kappa shape index (κ1) is 15.0. The minimum absolute atomic E-state index is 0.339. The zero-order valence-electron chi connectivity index (χ0n) is 10.7. The molecule has 0 aliphatic carbocycles. The molecule has 0 bridgehead atoms. The maximum atomic E-state index is 11.4. The van der Waals surface area contributed by atoms with Crippen LogP contribution >= 0.6 is 21.6 Å². The SMILES string of the molecule is CCCCCCCOC(=O)OC1(C)CSSC1. The molecule has 0 atom stereocenters. The summed E-state index contributed by atoms with van der Waals surface area (Å²) in [6.07, 6.45) is 5.28. The largest absolute Gasteiger partial charge is 0.508 e. The van der Waals surface area contributed by atoms with Crippen molar-refractivity contribution in [3.63, 3.8) is 0 Å². The Morgan fingerprint density at radius 2 is 1.82 bits per heavy atom. The molecule has 1 aliphatic rings. The van der Waals surface area contributed by atoms with Crippen LogP contribution in [0.2, 0.25) is 0 Å². The molecule has 0 spiro atoms. The summed E-state index contributed by atoms with van der Waals surface area (Å²) in [5.74, 6) is 1.70. The van der Waals surface area contributed by atoms with E-state index in [1.54, 1.807) is 21.6 Å². The lowest BCUT2D eigenvalue weighted by molar-refractivity contribution is -0.00240. The molecule has 0 aromatic heterocycles. The maximum Gasteiger partial charge on any atom is 0.508 e. The maximum absolute atomic E-state index is 11.4. The fraction of sp³-hybridized carbons (Fsp3) is 0.917. The molecule has 0 radical (unpaired) electrons. The van der Waals surface area contributed by atoms with Crippen molar-refractivity contribution in [3.05, 3.63) is 0 Å². The van der Waals surface area contributed by atoms with Crippen molar-refractivity contribution in [1.29, 1.82) is 0 Å². The van der Waals surface area contributed by atoms with Gasteiger partial charge >= 0.3 is 6.16 Å². The minimum atomic E-state index is -0.508. The van der Waals surface area contributed by atoms with Crippen LogP contribution in [0.3, 0.4) is 0 Å². The quantitative estimate of drug-likeness (QED) is 0.395. The van der Waals surface area contributed by atoms with Crippen LogP contribution in [0.5, 0.6) is 0 Å². The van der Waals surface area contributed by atoms with E-state index >= 15 is 0 Å². The van der Waals surface area contributed by atoms with Crippen molar-refractivity contribution < 1.29 is 14.3 Å². The van der Waals surface area contributed by atoms with E-state index < -0.39 is 6.16 Å². The van der Waals surface area contributed by atoms with Gasteiger partial charge in [-0.05, 0) is 13.3 Å². The van der Waals surface area contributed by atoms with Crippen LogP contribution in [0.4, 0.5) is 4.79 Å². The van der Waals surface area contributed by atoms with Crippen molar-refractivity contribution >= 4 is 27.7 Å². The van der Waals surface area contributed by atoms with Crippen molar-refractivity contribution in [2.45, 2.75) is 51.6 Å². The van der Waals surface area contributed by atoms with E-state index in [1.165, 1.54) is 19.3 Å². The van der Waals surface area contributed by atoms with Gasteiger partial charge in [-0.1, -0.05) is 54.2 Å². The highest BCUT2D eigenvalue weighted by atomic mass is 33.1. The summed E-state index contributed by atoms with van der Waals surface area (Å²) in [6.45, 7) is 4.63. The number of carbonyl (C=O) groups excluding carboxylic acids is 1. The Hall–Kier alpha value is -0.0300. The number of rotatable bonds is 7. The number of hydrogen-bond acceptors (Lipinski definition) is 5. The standard InChI is InChI=1S/C12H22O3S2/c1-3-4-5-6-7-8-14-11(13)15-12(2)9-16-17-10-12/h3-10H2,1-2H3. The van der Waals surface area contributed by atoms with Crippen molar-refractivity contribution in [2.75, 3.05) is 18.1 Å². The van der Waals surface area contributed by atoms with Gasteiger partial charge in [-0.3, -0.25) is 0 Å². The highest BCUT2D eigenvalue weighted by molar-refractivity contribution is 8.77. The highest BCUT2D eigenvalue weighted by Crippen LogP contribution is 2.39. The summed E-state index contributed by atoms with van der Waals surface area (Å²) < 4.78 is 10.4. The van der Waals surface area contributed by atoms with Crippen LogP contribution in [0.25, 0.3) is 0 Å². The number of carbonyl (C=O) groups is 1. The Morgan fingerprint density at radius 1 is 1.18 bits per heavy atom. The average molecular weight is 278 g/mol. The smallest absolute Gasteiger partial charge is 0.434 e. The van der Waals surface area contributed by atoms with Gasteiger partial charge in [0.2, 0.25) is 0 Å². The molecule has 1 rings (SSSR count). The molecular formula is C12H22O3S2. The van der Waals surface area contributed by atoms with E-state index in [-0.39, 0.29) is 5.60 Å². The second-order valence-electron chi connectivity index (χ2n) is 4.59. The Kier molecular flexibility index (Phi) is 7.19. The first-order valence-electron chi connectivity index (χ1n) is 6.26. The molecule has 1 fully saturated rings. The number of hydrogen-bond donors (Lipinski definition) is 0. The Balaban J connectivity index is 2.01. The predicted molar refractivity (Wildman–Crippen MR) is 74.5 cm³/mol.